The number of allylic oxidation sites excluding steroid dienone is 2. The third-order valence-electron chi connectivity index (χ3n) is 7.57. The number of aromatic carboxylic acids is 1. The number of piperidine rings is 1. The third kappa shape index (κ3) is 3.93. The van der Waals surface area contributed by atoms with Gasteiger partial charge < -0.3 is 14.5 Å². The maximum absolute atomic E-state index is 11.2. The van der Waals surface area contributed by atoms with Crippen molar-refractivity contribution in [3.8, 4) is 11.3 Å². The predicted molar refractivity (Wildman–Crippen MR) is 136 cm³/mol. The fourth-order valence-corrected chi connectivity index (χ4v) is 6.09. The van der Waals surface area contributed by atoms with E-state index < -0.39 is 5.97 Å². The molecule has 0 bridgehead atoms. The van der Waals surface area contributed by atoms with E-state index in [1.165, 1.54) is 11.8 Å². The van der Waals surface area contributed by atoms with Gasteiger partial charge in [0, 0.05) is 36.3 Å². The van der Waals surface area contributed by atoms with Crippen LogP contribution in [0.2, 0.25) is 10.0 Å². The zero-order chi connectivity index (χ0) is 24.3. The van der Waals surface area contributed by atoms with E-state index in [1.807, 2.05) is 25.1 Å². The molecule has 2 aromatic heterocycles. The van der Waals surface area contributed by atoms with Crippen molar-refractivity contribution in [3.63, 3.8) is 0 Å². The number of pyridine rings is 1. The minimum atomic E-state index is -0.950. The number of benzene rings is 1. The Labute approximate surface area is 213 Å². The monoisotopic (exact) mass is 509 g/mol. The van der Waals surface area contributed by atoms with Gasteiger partial charge in [0.2, 0.25) is 0 Å². The van der Waals surface area contributed by atoms with Crippen molar-refractivity contribution in [1.82, 2.24) is 10.1 Å². The fraction of sp³-hybridized carbons (Fsp3) is 0.370. The third-order valence-corrected chi connectivity index (χ3v) is 8.20. The SMILES string of the molecule is Cc1cc(C(=O)O)cnc1N1CCC2(C=C(c3c(-c4c(Cl)cccc4Cl)noc3C3CC3)C2)CC1. The lowest BCUT2D eigenvalue weighted by molar-refractivity contribution is 0.0696. The summed E-state index contributed by atoms with van der Waals surface area (Å²) >= 11 is 13.1. The van der Waals surface area contributed by atoms with E-state index >= 15 is 0 Å². The molecular weight excluding hydrogens is 485 g/mol. The normalized spacial score (nSPS) is 18.9. The molecule has 8 heteroatoms. The van der Waals surface area contributed by atoms with Crippen molar-refractivity contribution in [2.75, 3.05) is 18.0 Å². The molecule has 2 aliphatic carbocycles. The summed E-state index contributed by atoms with van der Waals surface area (Å²) in [7, 11) is 0. The van der Waals surface area contributed by atoms with Crippen LogP contribution in [0.15, 0.2) is 41.1 Å². The summed E-state index contributed by atoms with van der Waals surface area (Å²) in [5, 5.41) is 14.8. The molecule has 3 aromatic rings. The van der Waals surface area contributed by atoms with Gasteiger partial charge in [0.15, 0.2) is 0 Å². The zero-order valence-corrected chi connectivity index (χ0v) is 20.9. The molecule has 3 heterocycles. The van der Waals surface area contributed by atoms with Crippen molar-refractivity contribution < 1.29 is 14.4 Å². The number of carboxylic acids is 1. The molecule has 180 valence electrons. The van der Waals surface area contributed by atoms with Gasteiger partial charge >= 0.3 is 5.97 Å². The summed E-state index contributed by atoms with van der Waals surface area (Å²) in [6, 6.07) is 7.21. The fourth-order valence-electron chi connectivity index (χ4n) is 5.51. The smallest absolute Gasteiger partial charge is 0.337 e. The molecule has 0 radical (unpaired) electrons. The Balaban J connectivity index is 1.26. The minimum Gasteiger partial charge on any atom is -0.478 e. The van der Waals surface area contributed by atoms with Gasteiger partial charge in [0.05, 0.1) is 15.6 Å². The number of aromatic nitrogens is 2. The van der Waals surface area contributed by atoms with Crippen LogP contribution in [0, 0.1) is 12.3 Å². The van der Waals surface area contributed by atoms with Crippen molar-refractivity contribution in [1.29, 1.82) is 0 Å². The minimum absolute atomic E-state index is 0.153. The Morgan fingerprint density at radius 3 is 2.46 bits per heavy atom. The van der Waals surface area contributed by atoms with Crippen molar-refractivity contribution >= 4 is 40.6 Å². The van der Waals surface area contributed by atoms with Gasteiger partial charge in [-0.3, -0.25) is 0 Å². The van der Waals surface area contributed by atoms with Crippen LogP contribution in [0.5, 0.6) is 0 Å². The highest BCUT2D eigenvalue weighted by Gasteiger charge is 2.44. The maximum atomic E-state index is 11.2. The first-order chi connectivity index (χ1) is 16.8. The Hall–Kier alpha value is -2.83. The molecule has 1 saturated heterocycles. The van der Waals surface area contributed by atoms with Crippen LogP contribution < -0.4 is 4.90 Å². The number of halogens is 2. The number of carbonyl (C=O) groups is 1. The largest absolute Gasteiger partial charge is 0.478 e. The molecule has 1 spiro atoms. The first-order valence-electron chi connectivity index (χ1n) is 12.0. The average molecular weight is 510 g/mol. The molecule has 35 heavy (non-hydrogen) atoms. The number of anilines is 1. The van der Waals surface area contributed by atoms with Crippen molar-refractivity contribution in [2.24, 2.45) is 5.41 Å². The lowest BCUT2D eigenvalue weighted by Crippen LogP contribution is -2.42. The zero-order valence-electron chi connectivity index (χ0n) is 19.4. The highest BCUT2D eigenvalue weighted by molar-refractivity contribution is 6.39. The van der Waals surface area contributed by atoms with Gasteiger partial charge in [0.25, 0.3) is 0 Å². The first-order valence-corrected chi connectivity index (χ1v) is 12.7. The van der Waals surface area contributed by atoms with E-state index in [0.717, 1.165) is 79.2 Å². The van der Waals surface area contributed by atoms with E-state index in [1.54, 1.807) is 6.07 Å². The van der Waals surface area contributed by atoms with Crippen LogP contribution in [0.4, 0.5) is 5.82 Å². The molecule has 0 atom stereocenters. The van der Waals surface area contributed by atoms with E-state index in [2.05, 4.69) is 21.1 Å². The molecule has 6 rings (SSSR count). The lowest BCUT2D eigenvalue weighted by atomic mass is 9.63. The molecule has 0 unspecified atom stereocenters. The molecular formula is C27H25Cl2N3O3. The van der Waals surface area contributed by atoms with Gasteiger partial charge in [-0.1, -0.05) is 40.5 Å². The van der Waals surface area contributed by atoms with Gasteiger partial charge in [-0.15, -0.1) is 0 Å². The van der Waals surface area contributed by atoms with Gasteiger partial charge in [0.1, 0.15) is 17.3 Å². The number of rotatable bonds is 5. The van der Waals surface area contributed by atoms with Gasteiger partial charge in [-0.05, 0) is 73.8 Å². The topological polar surface area (TPSA) is 79.5 Å². The molecule has 2 fully saturated rings. The number of hydrogen-bond donors (Lipinski definition) is 1. The van der Waals surface area contributed by atoms with Crippen LogP contribution in [-0.2, 0) is 0 Å². The number of nitrogens with zero attached hydrogens (tertiary/aromatic N) is 3. The second-order valence-electron chi connectivity index (χ2n) is 10.0. The van der Waals surface area contributed by atoms with Crippen molar-refractivity contribution in [3.05, 3.63) is 69.0 Å². The second kappa shape index (κ2) is 8.38. The molecule has 3 aliphatic rings. The molecule has 6 nitrogen and oxygen atoms in total. The van der Waals surface area contributed by atoms with E-state index in [-0.39, 0.29) is 11.0 Å². The predicted octanol–water partition coefficient (Wildman–Crippen LogP) is 7.00. The number of carboxylic acid groups (broad SMARTS) is 1. The maximum Gasteiger partial charge on any atom is 0.337 e. The van der Waals surface area contributed by atoms with Crippen LogP contribution in [0.1, 0.15) is 65.3 Å². The summed E-state index contributed by atoms with van der Waals surface area (Å²) in [5.74, 6) is 1.32. The molecule has 0 amide bonds. The highest BCUT2D eigenvalue weighted by Crippen LogP contribution is 2.56. The summed E-state index contributed by atoms with van der Waals surface area (Å²) in [6.45, 7) is 3.69. The van der Waals surface area contributed by atoms with E-state index in [0.29, 0.717) is 16.0 Å². The van der Waals surface area contributed by atoms with Crippen LogP contribution in [0.3, 0.4) is 0 Å². The summed E-state index contributed by atoms with van der Waals surface area (Å²) in [4.78, 5) is 18.0. The van der Waals surface area contributed by atoms with E-state index in [4.69, 9.17) is 27.7 Å². The average Bonchev–Trinajstić information content (AvgIpc) is 3.57. The van der Waals surface area contributed by atoms with Crippen molar-refractivity contribution in [2.45, 2.75) is 44.9 Å². The Kier molecular flexibility index (Phi) is 5.42. The molecule has 1 aromatic carbocycles. The van der Waals surface area contributed by atoms with Crippen LogP contribution in [-0.4, -0.2) is 34.3 Å². The molecule has 1 N–H and O–H groups in total. The Bertz CT molecular complexity index is 1350. The molecule has 1 saturated carbocycles. The first kappa shape index (κ1) is 22.6. The lowest BCUT2D eigenvalue weighted by Gasteiger charge is -2.46. The molecule has 1 aliphatic heterocycles. The Morgan fingerprint density at radius 2 is 1.86 bits per heavy atom. The highest BCUT2D eigenvalue weighted by atomic mass is 35.5. The summed E-state index contributed by atoms with van der Waals surface area (Å²) in [6.07, 6.45) is 9.11. The standard InChI is InChI=1S/C27H25Cl2N3O3/c1-15-11-17(26(33)34)14-30-25(15)32-9-7-27(8-10-32)12-18(13-27)21-23(31-35-24(21)16-5-6-16)22-19(28)3-2-4-20(22)29/h2-4,11-12,14,16H,5-10,13H2,1H3,(H,33,34). The summed E-state index contributed by atoms with van der Waals surface area (Å²) in [5.41, 5.74) is 5.11. The van der Waals surface area contributed by atoms with Gasteiger partial charge in [-0.2, -0.15) is 0 Å². The number of hydrogen-bond acceptors (Lipinski definition) is 5. The van der Waals surface area contributed by atoms with Crippen LogP contribution >= 0.6 is 23.2 Å². The Morgan fingerprint density at radius 1 is 1.17 bits per heavy atom. The van der Waals surface area contributed by atoms with Crippen LogP contribution in [0.25, 0.3) is 16.8 Å². The number of aryl methyl sites for hydroxylation is 1. The van der Waals surface area contributed by atoms with E-state index in [9.17, 15) is 9.90 Å². The summed E-state index contributed by atoms with van der Waals surface area (Å²) < 4.78 is 5.86. The quantitative estimate of drug-likeness (QED) is 0.398. The van der Waals surface area contributed by atoms with Gasteiger partial charge in [-0.25, -0.2) is 9.78 Å². The second-order valence-corrected chi connectivity index (χ2v) is 10.8.